The molecule has 0 aromatic carbocycles. The Labute approximate surface area is 96.7 Å². The number of hydrogen-bond acceptors (Lipinski definition) is 5. The number of fused-ring (bicyclic) bond motifs is 1. The average molecular weight is 233 g/mol. The van der Waals surface area contributed by atoms with Crippen LogP contribution < -0.4 is 5.56 Å². The van der Waals surface area contributed by atoms with E-state index >= 15 is 0 Å². The molecule has 2 aromatic heterocycles. The number of ether oxygens (including phenoxy) is 1. The molecule has 0 aliphatic heterocycles. The molecule has 2 aromatic rings. The maximum atomic E-state index is 11.6. The van der Waals surface area contributed by atoms with Gasteiger partial charge in [0.05, 0.1) is 18.5 Å². The van der Waals surface area contributed by atoms with Gasteiger partial charge in [-0.3, -0.25) is 4.79 Å². The lowest BCUT2D eigenvalue weighted by atomic mass is 10.2. The van der Waals surface area contributed by atoms with Gasteiger partial charge in [-0.25, -0.2) is 14.8 Å². The van der Waals surface area contributed by atoms with Crippen molar-refractivity contribution in [1.29, 1.82) is 0 Å². The second-order valence-corrected chi connectivity index (χ2v) is 3.61. The first kappa shape index (κ1) is 11.3. The minimum Gasteiger partial charge on any atom is -0.465 e. The van der Waals surface area contributed by atoms with E-state index in [1.165, 1.54) is 13.3 Å². The highest BCUT2D eigenvalue weighted by atomic mass is 16.5. The summed E-state index contributed by atoms with van der Waals surface area (Å²) in [6.45, 7) is 3.52. The van der Waals surface area contributed by atoms with Crippen LogP contribution in [0.25, 0.3) is 11.0 Å². The number of esters is 1. The monoisotopic (exact) mass is 233 g/mol. The highest BCUT2D eigenvalue weighted by Gasteiger charge is 2.15. The van der Waals surface area contributed by atoms with Crippen molar-refractivity contribution in [2.24, 2.45) is 0 Å². The van der Waals surface area contributed by atoms with Crippen molar-refractivity contribution in [1.82, 2.24) is 15.0 Å². The third-order valence-electron chi connectivity index (χ3n) is 2.53. The molecule has 6 heteroatoms. The van der Waals surface area contributed by atoms with E-state index in [-0.39, 0.29) is 22.2 Å². The van der Waals surface area contributed by atoms with Gasteiger partial charge in [-0.15, -0.1) is 0 Å². The smallest absolute Gasteiger partial charge is 0.341 e. The number of methoxy groups -OCH3 is 1. The molecule has 0 aliphatic rings. The van der Waals surface area contributed by atoms with Crippen molar-refractivity contribution in [3.05, 3.63) is 33.5 Å². The van der Waals surface area contributed by atoms with E-state index in [0.717, 1.165) is 0 Å². The third-order valence-corrected chi connectivity index (χ3v) is 2.53. The standard InChI is InChI=1S/C11H11N3O3/c1-5-6(2)14-9-8(13-5)7(11(16)17-3)4-12-10(9)15/h4H,1-3H3,(H,12,15). The highest BCUT2D eigenvalue weighted by molar-refractivity contribution is 6.01. The van der Waals surface area contributed by atoms with Gasteiger partial charge in [0.1, 0.15) is 11.1 Å². The first-order valence-electron chi connectivity index (χ1n) is 4.99. The molecule has 2 heterocycles. The Morgan fingerprint density at radius 3 is 2.41 bits per heavy atom. The number of carbonyl (C=O) groups excluding carboxylic acids is 1. The fraction of sp³-hybridized carbons (Fsp3) is 0.273. The summed E-state index contributed by atoms with van der Waals surface area (Å²) in [4.78, 5) is 33.9. The number of hydrogen-bond donors (Lipinski definition) is 1. The van der Waals surface area contributed by atoms with E-state index in [4.69, 9.17) is 0 Å². The zero-order valence-electron chi connectivity index (χ0n) is 9.70. The van der Waals surface area contributed by atoms with Gasteiger partial charge in [0.15, 0.2) is 5.52 Å². The van der Waals surface area contributed by atoms with Crippen LogP contribution in [0.1, 0.15) is 21.7 Å². The molecule has 17 heavy (non-hydrogen) atoms. The Morgan fingerprint density at radius 1 is 1.24 bits per heavy atom. The second kappa shape index (κ2) is 3.97. The van der Waals surface area contributed by atoms with Gasteiger partial charge < -0.3 is 9.72 Å². The summed E-state index contributed by atoms with van der Waals surface area (Å²) < 4.78 is 4.63. The Bertz CT molecular complexity index is 661. The van der Waals surface area contributed by atoms with Gasteiger partial charge in [-0.05, 0) is 13.8 Å². The molecule has 0 unspecified atom stereocenters. The molecule has 0 bridgehead atoms. The molecule has 0 saturated heterocycles. The summed E-state index contributed by atoms with van der Waals surface area (Å²) in [6, 6.07) is 0. The molecule has 0 radical (unpaired) electrons. The van der Waals surface area contributed by atoms with Crippen molar-refractivity contribution < 1.29 is 9.53 Å². The van der Waals surface area contributed by atoms with Crippen molar-refractivity contribution in [3.63, 3.8) is 0 Å². The van der Waals surface area contributed by atoms with Gasteiger partial charge in [0, 0.05) is 6.20 Å². The quantitative estimate of drug-likeness (QED) is 0.733. The van der Waals surface area contributed by atoms with Crippen molar-refractivity contribution in [3.8, 4) is 0 Å². The van der Waals surface area contributed by atoms with Crippen LogP contribution >= 0.6 is 0 Å². The number of aromatic amines is 1. The van der Waals surface area contributed by atoms with E-state index in [9.17, 15) is 9.59 Å². The van der Waals surface area contributed by atoms with Gasteiger partial charge >= 0.3 is 5.97 Å². The third kappa shape index (κ3) is 1.77. The number of carbonyl (C=O) groups is 1. The SMILES string of the molecule is COC(=O)c1c[nH]c(=O)c2nc(C)c(C)nc12. The predicted molar refractivity (Wildman–Crippen MR) is 61.0 cm³/mol. The zero-order chi connectivity index (χ0) is 12.6. The van der Waals surface area contributed by atoms with Crippen LogP contribution in [0.15, 0.2) is 11.0 Å². The minimum absolute atomic E-state index is 0.149. The van der Waals surface area contributed by atoms with Crippen molar-refractivity contribution >= 4 is 17.0 Å². The van der Waals surface area contributed by atoms with Crippen LogP contribution in [0, 0.1) is 13.8 Å². The fourth-order valence-corrected chi connectivity index (χ4v) is 1.49. The fourth-order valence-electron chi connectivity index (χ4n) is 1.49. The van der Waals surface area contributed by atoms with Gasteiger partial charge in [-0.2, -0.15) is 0 Å². The molecule has 0 spiro atoms. The first-order chi connectivity index (χ1) is 8.04. The van der Waals surface area contributed by atoms with Crippen LogP contribution in [0.2, 0.25) is 0 Å². The highest BCUT2D eigenvalue weighted by Crippen LogP contribution is 2.13. The summed E-state index contributed by atoms with van der Waals surface area (Å²) in [5, 5.41) is 0. The lowest BCUT2D eigenvalue weighted by molar-refractivity contribution is 0.0602. The largest absolute Gasteiger partial charge is 0.465 e. The minimum atomic E-state index is -0.552. The maximum absolute atomic E-state index is 11.6. The second-order valence-electron chi connectivity index (χ2n) is 3.61. The van der Waals surface area contributed by atoms with E-state index in [1.54, 1.807) is 13.8 Å². The molecule has 0 saturated carbocycles. The van der Waals surface area contributed by atoms with E-state index in [0.29, 0.717) is 11.4 Å². The number of nitrogens with one attached hydrogen (secondary N) is 1. The molecule has 2 rings (SSSR count). The van der Waals surface area contributed by atoms with Gasteiger partial charge in [-0.1, -0.05) is 0 Å². The van der Waals surface area contributed by atoms with Gasteiger partial charge in [0.25, 0.3) is 5.56 Å². The first-order valence-corrected chi connectivity index (χ1v) is 4.99. The van der Waals surface area contributed by atoms with E-state index in [1.807, 2.05) is 0 Å². The summed E-state index contributed by atoms with van der Waals surface area (Å²) in [7, 11) is 1.27. The lowest BCUT2D eigenvalue weighted by Gasteiger charge is -2.05. The molecular formula is C11H11N3O3. The number of H-pyrrole nitrogens is 1. The Kier molecular flexibility index (Phi) is 2.63. The molecule has 1 N–H and O–H groups in total. The average Bonchev–Trinajstić information content (AvgIpc) is 2.31. The molecule has 6 nitrogen and oxygen atoms in total. The summed E-state index contributed by atoms with van der Waals surface area (Å²) in [5.74, 6) is -0.552. The van der Waals surface area contributed by atoms with Crippen LogP contribution in [0.5, 0.6) is 0 Å². The van der Waals surface area contributed by atoms with Gasteiger partial charge in [0.2, 0.25) is 0 Å². The summed E-state index contributed by atoms with van der Waals surface area (Å²) in [5.41, 5.74) is 1.58. The number of pyridine rings is 1. The molecule has 0 amide bonds. The summed E-state index contributed by atoms with van der Waals surface area (Å²) in [6.07, 6.45) is 1.29. The predicted octanol–water partition coefficient (Wildman–Crippen LogP) is 0.722. The molecule has 0 aliphatic carbocycles. The molecule has 0 fully saturated rings. The van der Waals surface area contributed by atoms with E-state index < -0.39 is 5.97 Å². The molecule has 0 atom stereocenters. The maximum Gasteiger partial charge on any atom is 0.341 e. The van der Waals surface area contributed by atoms with Crippen LogP contribution in [0.3, 0.4) is 0 Å². The topological polar surface area (TPSA) is 84.9 Å². The van der Waals surface area contributed by atoms with E-state index in [2.05, 4.69) is 19.7 Å². The number of aromatic nitrogens is 3. The van der Waals surface area contributed by atoms with Crippen LogP contribution in [-0.2, 0) is 4.74 Å². The van der Waals surface area contributed by atoms with Crippen molar-refractivity contribution in [2.75, 3.05) is 7.11 Å². The Morgan fingerprint density at radius 2 is 1.82 bits per heavy atom. The van der Waals surface area contributed by atoms with Crippen LogP contribution in [-0.4, -0.2) is 28.0 Å². The van der Waals surface area contributed by atoms with Crippen molar-refractivity contribution in [2.45, 2.75) is 13.8 Å². The Balaban J connectivity index is 2.89. The molecule has 88 valence electrons. The Hall–Kier alpha value is -2.24. The zero-order valence-corrected chi connectivity index (χ0v) is 9.70. The number of rotatable bonds is 1. The summed E-state index contributed by atoms with van der Waals surface area (Å²) >= 11 is 0. The number of nitrogens with zero attached hydrogens (tertiary/aromatic N) is 2. The normalized spacial score (nSPS) is 10.5. The lowest BCUT2D eigenvalue weighted by Crippen LogP contribution is -2.14. The molecular weight excluding hydrogens is 222 g/mol. The van der Waals surface area contributed by atoms with Crippen LogP contribution in [0.4, 0.5) is 0 Å². The number of aryl methyl sites for hydroxylation is 2.